The quantitative estimate of drug-likeness (QED) is 0.733. The maximum Gasteiger partial charge on any atom is 0.121 e. The maximum atomic E-state index is 10.2. The molecule has 0 bridgehead atoms. The molecule has 19 heavy (non-hydrogen) atoms. The van der Waals surface area contributed by atoms with Gasteiger partial charge < -0.3 is 25.2 Å². The molecule has 1 aromatic carbocycles. The third-order valence-electron chi connectivity index (χ3n) is 3.52. The van der Waals surface area contributed by atoms with Crippen molar-refractivity contribution in [3.8, 4) is 11.5 Å². The third-order valence-corrected chi connectivity index (χ3v) is 3.52. The van der Waals surface area contributed by atoms with Crippen molar-refractivity contribution in [1.82, 2.24) is 10.2 Å². The van der Waals surface area contributed by atoms with Crippen LogP contribution in [0.5, 0.6) is 11.5 Å². The van der Waals surface area contributed by atoms with Gasteiger partial charge in [0.2, 0.25) is 0 Å². The van der Waals surface area contributed by atoms with Crippen molar-refractivity contribution in [3.63, 3.8) is 0 Å². The van der Waals surface area contributed by atoms with E-state index in [1.54, 1.807) is 25.3 Å². The van der Waals surface area contributed by atoms with Crippen LogP contribution in [-0.4, -0.2) is 54.9 Å². The second-order valence-corrected chi connectivity index (χ2v) is 4.82. The number of aliphatic hydroxyl groups is 1. The number of ether oxygens (including phenoxy) is 1. The Balaban J connectivity index is 1.93. The van der Waals surface area contributed by atoms with E-state index in [-0.39, 0.29) is 5.75 Å². The standard InChI is InChI=1S/C14H22N2O3/c1-19-11-2-3-13(17)12(10-11)14(18)4-7-16-8-5-15-6-9-16/h2-3,10,14-15,17-18H,4-9H2,1H3. The molecule has 1 heterocycles. The van der Waals surface area contributed by atoms with E-state index in [0.29, 0.717) is 17.7 Å². The molecule has 0 radical (unpaired) electrons. The molecule has 1 atom stereocenters. The molecule has 0 aliphatic carbocycles. The number of hydrogen-bond acceptors (Lipinski definition) is 5. The van der Waals surface area contributed by atoms with Crippen LogP contribution in [-0.2, 0) is 0 Å². The fourth-order valence-corrected chi connectivity index (χ4v) is 2.32. The molecular formula is C14H22N2O3. The lowest BCUT2D eigenvalue weighted by atomic mass is 10.0. The lowest BCUT2D eigenvalue weighted by Crippen LogP contribution is -2.44. The van der Waals surface area contributed by atoms with Crippen molar-refractivity contribution in [2.75, 3.05) is 39.8 Å². The summed E-state index contributed by atoms with van der Waals surface area (Å²) in [6.07, 6.45) is -0.0502. The first-order chi connectivity index (χ1) is 9.20. The number of nitrogens with one attached hydrogen (secondary N) is 1. The Bertz CT molecular complexity index is 406. The summed E-state index contributed by atoms with van der Waals surface area (Å²) in [5, 5.41) is 23.3. The van der Waals surface area contributed by atoms with Gasteiger partial charge in [-0.25, -0.2) is 0 Å². The van der Waals surface area contributed by atoms with Crippen LogP contribution in [0.25, 0.3) is 0 Å². The Hall–Kier alpha value is -1.30. The first kappa shape index (κ1) is 14.1. The summed E-state index contributed by atoms with van der Waals surface area (Å²) in [5.74, 6) is 0.766. The van der Waals surface area contributed by atoms with Gasteiger partial charge in [0.1, 0.15) is 11.5 Å². The second-order valence-electron chi connectivity index (χ2n) is 4.82. The molecule has 1 unspecified atom stereocenters. The number of aliphatic hydroxyl groups excluding tert-OH is 1. The van der Waals surface area contributed by atoms with E-state index < -0.39 is 6.10 Å². The SMILES string of the molecule is COc1ccc(O)c(C(O)CCN2CCNCC2)c1. The van der Waals surface area contributed by atoms with E-state index in [4.69, 9.17) is 4.74 Å². The zero-order valence-corrected chi connectivity index (χ0v) is 11.3. The predicted octanol–water partition coefficient (Wildman–Crippen LogP) is 0.729. The van der Waals surface area contributed by atoms with Gasteiger partial charge in [-0.1, -0.05) is 0 Å². The second kappa shape index (κ2) is 6.75. The van der Waals surface area contributed by atoms with E-state index in [0.717, 1.165) is 32.7 Å². The maximum absolute atomic E-state index is 10.2. The minimum absolute atomic E-state index is 0.119. The average Bonchev–Trinajstić information content (AvgIpc) is 2.46. The van der Waals surface area contributed by atoms with Crippen molar-refractivity contribution in [2.24, 2.45) is 0 Å². The highest BCUT2D eigenvalue weighted by Gasteiger charge is 2.16. The van der Waals surface area contributed by atoms with E-state index in [1.165, 1.54) is 0 Å². The smallest absolute Gasteiger partial charge is 0.121 e. The highest BCUT2D eigenvalue weighted by atomic mass is 16.5. The van der Waals surface area contributed by atoms with Crippen molar-refractivity contribution in [3.05, 3.63) is 23.8 Å². The highest BCUT2D eigenvalue weighted by Crippen LogP contribution is 2.30. The summed E-state index contributed by atoms with van der Waals surface area (Å²) < 4.78 is 5.11. The number of benzene rings is 1. The number of phenols is 1. The van der Waals surface area contributed by atoms with E-state index >= 15 is 0 Å². The molecule has 0 aromatic heterocycles. The fourth-order valence-electron chi connectivity index (χ4n) is 2.32. The van der Waals surface area contributed by atoms with Crippen molar-refractivity contribution >= 4 is 0 Å². The lowest BCUT2D eigenvalue weighted by Gasteiger charge is -2.28. The van der Waals surface area contributed by atoms with Crippen LogP contribution < -0.4 is 10.1 Å². The molecule has 1 saturated heterocycles. The molecule has 1 aliphatic rings. The first-order valence-electron chi connectivity index (χ1n) is 6.68. The van der Waals surface area contributed by atoms with Crippen LogP contribution >= 0.6 is 0 Å². The number of aromatic hydroxyl groups is 1. The number of nitrogens with zero attached hydrogens (tertiary/aromatic N) is 1. The molecule has 1 fully saturated rings. The van der Waals surface area contributed by atoms with Crippen LogP contribution in [0.15, 0.2) is 18.2 Å². The van der Waals surface area contributed by atoms with Crippen molar-refractivity contribution in [1.29, 1.82) is 0 Å². The predicted molar refractivity (Wildman–Crippen MR) is 73.5 cm³/mol. The Morgan fingerprint density at radius 1 is 1.37 bits per heavy atom. The Morgan fingerprint density at radius 2 is 2.11 bits per heavy atom. The molecular weight excluding hydrogens is 244 g/mol. The Morgan fingerprint density at radius 3 is 2.79 bits per heavy atom. The van der Waals surface area contributed by atoms with E-state index in [1.807, 2.05) is 0 Å². The van der Waals surface area contributed by atoms with Gasteiger partial charge in [0, 0.05) is 38.3 Å². The summed E-state index contributed by atoms with van der Waals surface area (Å²) in [4.78, 5) is 2.32. The van der Waals surface area contributed by atoms with Crippen LogP contribution in [0.4, 0.5) is 0 Å². The van der Waals surface area contributed by atoms with Crippen LogP contribution in [0.1, 0.15) is 18.1 Å². The minimum atomic E-state index is -0.662. The normalized spacial score (nSPS) is 18.2. The average molecular weight is 266 g/mol. The molecule has 1 aliphatic heterocycles. The number of hydrogen-bond donors (Lipinski definition) is 3. The lowest BCUT2D eigenvalue weighted by molar-refractivity contribution is 0.134. The van der Waals surface area contributed by atoms with Gasteiger partial charge in [-0.05, 0) is 24.6 Å². The van der Waals surface area contributed by atoms with Gasteiger partial charge in [0.25, 0.3) is 0 Å². The van der Waals surface area contributed by atoms with E-state index in [9.17, 15) is 10.2 Å². The van der Waals surface area contributed by atoms with Crippen molar-refractivity contribution in [2.45, 2.75) is 12.5 Å². The monoisotopic (exact) mass is 266 g/mol. The fraction of sp³-hybridized carbons (Fsp3) is 0.571. The van der Waals surface area contributed by atoms with Crippen LogP contribution in [0.3, 0.4) is 0 Å². The van der Waals surface area contributed by atoms with Gasteiger partial charge in [0.15, 0.2) is 0 Å². The first-order valence-corrected chi connectivity index (χ1v) is 6.68. The van der Waals surface area contributed by atoms with Crippen LogP contribution in [0, 0.1) is 0 Å². The van der Waals surface area contributed by atoms with Gasteiger partial charge in [-0.2, -0.15) is 0 Å². The molecule has 2 rings (SSSR count). The summed E-state index contributed by atoms with van der Waals surface area (Å²) in [7, 11) is 1.57. The highest BCUT2D eigenvalue weighted by molar-refractivity contribution is 5.40. The largest absolute Gasteiger partial charge is 0.508 e. The zero-order valence-electron chi connectivity index (χ0n) is 11.3. The van der Waals surface area contributed by atoms with Crippen molar-refractivity contribution < 1.29 is 14.9 Å². The third kappa shape index (κ3) is 3.83. The summed E-state index contributed by atoms with van der Waals surface area (Å²) in [6.45, 7) is 4.86. The Labute approximate surface area is 113 Å². The number of rotatable bonds is 5. The summed E-state index contributed by atoms with van der Waals surface area (Å²) in [5.41, 5.74) is 0.537. The molecule has 0 saturated carbocycles. The minimum Gasteiger partial charge on any atom is -0.508 e. The molecule has 5 heteroatoms. The summed E-state index contributed by atoms with van der Waals surface area (Å²) >= 11 is 0. The molecule has 0 spiro atoms. The zero-order chi connectivity index (χ0) is 13.7. The van der Waals surface area contributed by atoms with Gasteiger partial charge in [-0.15, -0.1) is 0 Å². The molecule has 3 N–H and O–H groups in total. The molecule has 5 nitrogen and oxygen atoms in total. The van der Waals surface area contributed by atoms with Gasteiger partial charge in [0.05, 0.1) is 13.2 Å². The van der Waals surface area contributed by atoms with Crippen LogP contribution in [0.2, 0.25) is 0 Å². The summed E-state index contributed by atoms with van der Waals surface area (Å²) in [6, 6.07) is 4.93. The topological polar surface area (TPSA) is 65.0 Å². The molecule has 0 amide bonds. The Kier molecular flexibility index (Phi) is 5.01. The van der Waals surface area contributed by atoms with Gasteiger partial charge >= 0.3 is 0 Å². The number of phenolic OH excluding ortho intramolecular Hbond substituents is 1. The van der Waals surface area contributed by atoms with Gasteiger partial charge in [-0.3, -0.25) is 0 Å². The number of methoxy groups -OCH3 is 1. The van der Waals surface area contributed by atoms with E-state index in [2.05, 4.69) is 10.2 Å². The number of piperazine rings is 1. The molecule has 106 valence electrons. The molecule has 1 aromatic rings.